The number of piperidine rings is 1. The summed E-state index contributed by atoms with van der Waals surface area (Å²) in [6.45, 7) is 6.93. The SMILES string of the molecule is CC1CCN([C@H](C)OCC(=O)OCCI)CC1. The molecule has 1 saturated heterocycles. The number of nitrogens with zero attached hydrogens (tertiary/aromatic N) is 1. The first-order valence-electron chi connectivity index (χ1n) is 6.20. The third-order valence-electron chi connectivity index (χ3n) is 3.12. The van der Waals surface area contributed by atoms with Gasteiger partial charge in [-0.05, 0) is 25.7 Å². The lowest BCUT2D eigenvalue weighted by atomic mass is 9.99. The van der Waals surface area contributed by atoms with Gasteiger partial charge in [0, 0.05) is 17.5 Å². The number of esters is 1. The minimum atomic E-state index is -0.265. The van der Waals surface area contributed by atoms with Gasteiger partial charge in [-0.1, -0.05) is 29.5 Å². The van der Waals surface area contributed by atoms with Gasteiger partial charge in [0.15, 0.2) is 0 Å². The van der Waals surface area contributed by atoms with E-state index in [0.29, 0.717) is 6.61 Å². The Balaban J connectivity index is 2.16. The van der Waals surface area contributed by atoms with Gasteiger partial charge in [0.2, 0.25) is 0 Å². The number of alkyl halides is 1. The van der Waals surface area contributed by atoms with Crippen LogP contribution in [-0.4, -0.2) is 47.8 Å². The predicted octanol–water partition coefficient (Wildman–Crippen LogP) is 2.06. The highest BCUT2D eigenvalue weighted by atomic mass is 127. The average molecular weight is 355 g/mol. The lowest BCUT2D eigenvalue weighted by Gasteiger charge is -2.34. The van der Waals surface area contributed by atoms with Crippen molar-refractivity contribution in [3.63, 3.8) is 0 Å². The van der Waals surface area contributed by atoms with Crippen LogP contribution in [0.2, 0.25) is 0 Å². The molecule has 1 atom stereocenters. The Morgan fingerprint density at radius 1 is 1.47 bits per heavy atom. The van der Waals surface area contributed by atoms with Crippen molar-refractivity contribution in [2.45, 2.75) is 32.9 Å². The van der Waals surface area contributed by atoms with Gasteiger partial charge in [0.25, 0.3) is 0 Å². The smallest absolute Gasteiger partial charge is 0.332 e. The standard InChI is InChI=1S/C12H22INO3/c1-10-3-6-14(7-4-10)11(2)17-9-12(15)16-8-5-13/h10-11H,3-9H2,1-2H3/t11-/m0/s1. The van der Waals surface area contributed by atoms with E-state index in [2.05, 4.69) is 34.4 Å². The molecule has 4 nitrogen and oxygen atoms in total. The molecule has 0 aromatic heterocycles. The van der Waals surface area contributed by atoms with Crippen molar-refractivity contribution >= 4 is 28.6 Å². The number of halogens is 1. The third kappa shape index (κ3) is 6.01. The molecule has 0 spiro atoms. The monoisotopic (exact) mass is 355 g/mol. The molecule has 0 aliphatic carbocycles. The van der Waals surface area contributed by atoms with Gasteiger partial charge >= 0.3 is 5.97 Å². The summed E-state index contributed by atoms with van der Waals surface area (Å²) in [5.41, 5.74) is 0. The largest absolute Gasteiger partial charge is 0.463 e. The average Bonchev–Trinajstić information content (AvgIpc) is 2.34. The molecule has 0 saturated carbocycles. The fraction of sp³-hybridized carbons (Fsp3) is 0.917. The molecule has 0 radical (unpaired) electrons. The molecule has 1 aliphatic rings. The van der Waals surface area contributed by atoms with Gasteiger partial charge in [-0.25, -0.2) is 4.79 Å². The summed E-state index contributed by atoms with van der Waals surface area (Å²) in [7, 11) is 0. The zero-order valence-electron chi connectivity index (χ0n) is 10.7. The number of hydrogen-bond acceptors (Lipinski definition) is 4. The van der Waals surface area contributed by atoms with Crippen LogP contribution in [0.1, 0.15) is 26.7 Å². The van der Waals surface area contributed by atoms with Crippen molar-refractivity contribution in [2.75, 3.05) is 30.7 Å². The summed E-state index contributed by atoms with van der Waals surface area (Å²) in [4.78, 5) is 13.6. The minimum Gasteiger partial charge on any atom is -0.463 e. The summed E-state index contributed by atoms with van der Waals surface area (Å²) in [5.74, 6) is 0.547. The van der Waals surface area contributed by atoms with Crippen LogP contribution >= 0.6 is 22.6 Å². The van der Waals surface area contributed by atoms with E-state index in [9.17, 15) is 4.79 Å². The summed E-state index contributed by atoms with van der Waals surface area (Å²) in [5, 5.41) is 0. The Morgan fingerprint density at radius 3 is 2.71 bits per heavy atom. The Morgan fingerprint density at radius 2 is 2.12 bits per heavy atom. The zero-order chi connectivity index (χ0) is 12.7. The zero-order valence-corrected chi connectivity index (χ0v) is 12.8. The Hall–Kier alpha value is 0.120. The summed E-state index contributed by atoms with van der Waals surface area (Å²) in [6.07, 6.45) is 2.44. The third-order valence-corrected chi connectivity index (χ3v) is 3.56. The van der Waals surface area contributed by atoms with Crippen molar-refractivity contribution < 1.29 is 14.3 Å². The van der Waals surface area contributed by atoms with Crippen LogP contribution in [0.25, 0.3) is 0 Å². The second-order valence-electron chi connectivity index (χ2n) is 4.54. The van der Waals surface area contributed by atoms with Crippen LogP contribution in [-0.2, 0) is 14.3 Å². The topological polar surface area (TPSA) is 38.8 Å². The highest BCUT2D eigenvalue weighted by molar-refractivity contribution is 14.1. The van der Waals surface area contributed by atoms with Gasteiger partial charge in [0.05, 0.1) is 0 Å². The molecule has 1 rings (SSSR count). The quantitative estimate of drug-likeness (QED) is 0.415. The molecule has 1 fully saturated rings. The second-order valence-corrected chi connectivity index (χ2v) is 5.62. The lowest BCUT2D eigenvalue weighted by Crippen LogP contribution is -2.41. The predicted molar refractivity (Wildman–Crippen MR) is 75.2 cm³/mol. The maximum absolute atomic E-state index is 11.3. The normalized spacial score (nSPS) is 20.2. The molecule has 0 aromatic carbocycles. The number of carbonyl (C=O) groups excluding carboxylic acids is 1. The summed E-state index contributed by atoms with van der Waals surface area (Å²) >= 11 is 2.17. The molecule has 0 aromatic rings. The summed E-state index contributed by atoms with van der Waals surface area (Å²) < 4.78 is 11.3. The van der Waals surface area contributed by atoms with Crippen molar-refractivity contribution in [1.29, 1.82) is 0 Å². The van der Waals surface area contributed by atoms with Crippen LogP contribution in [0.15, 0.2) is 0 Å². The minimum absolute atomic E-state index is 0.00894. The van der Waals surface area contributed by atoms with E-state index in [1.165, 1.54) is 12.8 Å². The Kier molecular flexibility index (Phi) is 7.38. The van der Waals surface area contributed by atoms with Crippen LogP contribution in [0.4, 0.5) is 0 Å². The number of rotatable bonds is 6. The Bertz CT molecular complexity index is 230. The molecule has 1 aliphatic heterocycles. The maximum atomic E-state index is 11.3. The lowest BCUT2D eigenvalue weighted by molar-refractivity contribution is -0.155. The first-order valence-corrected chi connectivity index (χ1v) is 7.73. The number of ether oxygens (including phenoxy) is 2. The van der Waals surface area contributed by atoms with Crippen molar-refractivity contribution in [3.05, 3.63) is 0 Å². The number of hydrogen-bond donors (Lipinski definition) is 0. The van der Waals surface area contributed by atoms with E-state index in [0.717, 1.165) is 23.4 Å². The first-order chi connectivity index (χ1) is 8.13. The first kappa shape index (κ1) is 15.2. The van der Waals surface area contributed by atoms with Crippen LogP contribution in [0.3, 0.4) is 0 Å². The van der Waals surface area contributed by atoms with E-state index in [4.69, 9.17) is 9.47 Å². The maximum Gasteiger partial charge on any atom is 0.332 e. The molecule has 0 N–H and O–H groups in total. The molecule has 17 heavy (non-hydrogen) atoms. The molecular weight excluding hydrogens is 333 g/mol. The second kappa shape index (κ2) is 8.26. The highest BCUT2D eigenvalue weighted by Gasteiger charge is 2.21. The van der Waals surface area contributed by atoms with Crippen molar-refractivity contribution in [1.82, 2.24) is 4.90 Å². The van der Waals surface area contributed by atoms with Crippen molar-refractivity contribution in [2.24, 2.45) is 5.92 Å². The van der Waals surface area contributed by atoms with E-state index >= 15 is 0 Å². The van der Waals surface area contributed by atoms with E-state index in [1.54, 1.807) is 0 Å². The number of likely N-dealkylation sites (tertiary alicyclic amines) is 1. The van der Waals surface area contributed by atoms with Crippen LogP contribution < -0.4 is 0 Å². The van der Waals surface area contributed by atoms with E-state index < -0.39 is 0 Å². The van der Waals surface area contributed by atoms with Gasteiger partial charge in [-0.15, -0.1) is 0 Å². The molecule has 1 heterocycles. The van der Waals surface area contributed by atoms with Gasteiger partial charge in [-0.2, -0.15) is 0 Å². The molecule has 5 heteroatoms. The van der Waals surface area contributed by atoms with Crippen molar-refractivity contribution in [3.8, 4) is 0 Å². The Labute approximate surface area is 117 Å². The number of carbonyl (C=O) groups is 1. The van der Waals surface area contributed by atoms with E-state index in [1.807, 2.05) is 6.92 Å². The van der Waals surface area contributed by atoms with Crippen LogP contribution in [0, 0.1) is 5.92 Å². The molecule has 0 amide bonds. The van der Waals surface area contributed by atoms with E-state index in [-0.39, 0.29) is 18.8 Å². The van der Waals surface area contributed by atoms with Gasteiger partial charge < -0.3 is 9.47 Å². The molecule has 100 valence electrons. The molecule has 0 bridgehead atoms. The van der Waals surface area contributed by atoms with Gasteiger partial charge in [-0.3, -0.25) is 4.90 Å². The fourth-order valence-electron chi connectivity index (χ4n) is 1.88. The summed E-state index contributed by atoms with van der Waals surface area (Å²) in [6, 6.07) is 0. The molecular formula is C12H22INO3. The highest BCUT2D eigenvalue weighted by Crippen LogP contribution is 2.18. The van der Waals surface area contributed by atoms with Gasteiger partial charge in [0.1, 0.15) is 19.4 Å². The fourth-order valence-corrected chi connectivity index (χ4v) is 2.10. The molecule has 0 unspecified atom stereocenters. The van der Waals surface area contributed by atoms with Crippen LogP contribution in [0.5, 0.6) is 0 Å².